The number of hydrogen-bond donors (Lipinski definition) is 3. The highest BCUT2D eigenvalue weighted by Gasteiger charge is 2.29. The minimum absolute atomic E-state index is 0.135. The van der Waals surface area contributed by atoms with Crippen molar-refractivity contribution in [3.63, 3.8) is 0 Å². The van der Waals surface area contributed by atoms with E-state index < -0.39 is 17.8 Å². The van der Waals surface area contributed by atoms with Crippen LogP contribution in [-0.2, 0) is 5.92 Å². The average Bonchev–Trinajstić information content (AvgIpc) is 2.73. The van der Waals surface area contributed by atoms with E-state index in [9.17, 15) is 13.6 Å². The molecule has 2 amide bonds. The van der Waals surface area contributed by atoms with Gasteiger partial charge in [0.15, 0.2) is 0 Å². The fourth-order valence-electron chi connectivity index (χ4n) is 2.60. The predicted molar refractivity (Wildman–Crippen MR) is 110 cm³/mol. The summed E-state index contributed by atoms with van der Waals surface area (Å²) in [5.74, 6) is -3.49. The highest BCUT2D eigenvalue weighted by atomic mass is 19.3. The number of nitriles is 1. The number of anilines is 3. The van der Waals surface area contributed by atoms with Crippen LogP contribution in [0, 0.1) is 18.3 Å². The molecule has 3 N–H and O–H groups in total. The van der Waals surface area contributed by atoms with E-state index in [4.69, 9.17) is 5.26 Å². The van der Waals surface area contributed by atoms with Crippen molar-refractivity contribution in [1.82, 2.24) is 25.3 Å². The summed E-state index contributed by atoms with van der Waals surface area (Å²) in [6, 6.07) is 7.76. The first-order chi connectivity index (χ1) is 14.7. The van der Waals surface area contributed by atoms with Gasteiger partial charge in [0.25, 0.3) is 0 Å². The summed E-state index contributed by atoms with van der Waals surface area (Å²) in [6.45, 7) is 2.30. The molecule has 3 aromatic heterocycles. The number of carbonyl (C=O) groups is 1. The van der Waals surface area contributed by atoms with Gasteiger partial charge in [-0.25, -0.2) is 19.7 Å². The Kier molecular flexibility index (Phi) is 6.01. The normalized spacial score (nSPS) is 10.8. The van der Waals surface area contributed by atoms with Gasteiger partial charge in [-0.05, 0) is 19.1 Å². The Morgan fingerprint density at radius 3 is 2.52 bits per heavy atom. The number of nitrogens with one attached hydrogen (secondary N) is 3. The maximum atomic E-state index is 13.8. The van der Waals surface area contributed by atoms with Crippen LogP contribution in [0.15, 0.2) is 36.7 Å². The van der Waals surface area contributed by atoms with Gasteiger partial charge in [-0.2, -0.15) is 14.0 Å². The summed E-state index contributed by atoms with van der Waals surface area (Å²) < 4.78 is 27.5. The van der Waals surface area contributed by atoms with E-state index in [1.54, 1.807) is 19.1 Å². The number of amides is 2. The number of urea groups is 1. The zero-order chi connectivity index (χ0) is 22.6. The minimum atomic E-state index is -3.22. The van der Waals surface area contributed by atoms with Gasteiger partial charge in [-0.15, -0.1) is 0 Å². The second kappa shape index (κ2) is 8.66. The fourth-order valence-corrected chi connectivity index (χ4v) is 2.60. The lowest BCUT2D eigenvalue weighted by Crippen LogP contribution is -2.25. The van der Waals surface area contributed by atoms with Crippen LogP contribution >= 0.6 is 0 Å². The number of hydrogen-bond acceptors (Lipinski definition) is 7. The molecule has 0 aliphatic heterocycles. The number of alkyl halides is 2. The number of rotatable bonds is 5. The number of pyridine rings is 2. The molecular formula is C20H18F2N8O. The van der Waals surface area contributed by atoms with Gasteiger partial charge < -0.3 is 10.6 Å². The second-order valence-corrected chi connectivity index (χ2v) is 6.59. The lowest BCUT2D eigenvalue weighted by Gasteiger charge is -2.15. The standard InChI is InChI=1S/C20H18F2N8O/c1-11-6-17(29-18(27-11)20(2,21)22)28-15-7-16(30-19(31)24-3)26-10-13(15)14-5-4-12(8-23)9-25-14/h4-7,9-10H,1-3H3,(H3,24,26,27,28,29,30,31). The molecule has 0 bridgehead atoms. The molecule has 9 nitrogen and oxygen atoms in total. The number of carbonyl (C=O) groups excluding carboxylic acids is 1. The van der Waals surface area contributed by atoms with Gasteiger partial charge in [0, 0.05) is 49.8 Å². The van der Waals surface area contributed by atoms with Crippen molar-refractivity contribution in [1.29, 1.82) is 5.26 Å². The molecule has 3 rings (SSSR count). The third kappa shape index (κ3) is 5.24. The Bertz CT molecular complexity index is 1150. The molecule has 0 spiro atoms. The Morgan fingerprint density at radius 1 is 1.13 bits per heavy atom. The van der Waals surface area contributed by atoms with Crippen molar-refractivity contribution in [2.75, 3.05) is 17.7 Å². The molecule has 0 aromatic carbocycles. The first kappa shape index (κ1) is 21.5. The second-order valence-electron chi connectivity index (χ2n) is 6.59. The van der Waals surface area contributed by atoms with Gasteiger partial charge in [0.2, 0.25) is 5.82 Å². The smallest absolute Gasteiger partial charge is 0.320 e. The SMILES string of the molecule is CNC(=O)Nc1cc(Nc2cc(C)nc(C(C)(F)F)n2)c(-c2ccc(C#N)cn2)cn1. The van der Waals surface area contributed by atoms with Crippen molar-refractivity contribution in [3.8, 4) is 17.3 Å². The van der Waals surface area contributed by atoms with Crippen molar-refractivity contribution in [3.05, 3.63) is 53.7 Å². The van der Waals surface area contributed by atoms with Crippen molar-refractivity contribution in [2.45, 2.75) is 19.8 Å². The van der Waals surface area contributed by atoms with Crippen molar-refractivity contribution < 1.29 is 13.6 Å². The van der Waals surface area contributed by atoms with E-state index in [-0.39, 0.29) is 11.6 Å². The summed E-state index contributed by atoms with van der Waals surface area (Å²) in [5, 5.41) is 16.9. The van der Waals surface area contributed by atoms with Gasteiger partial charge in [0.1, 0.15) is 17.7 Å². The van der Waals surface area contributed by atoms with Gasteiger partial charge in [-0.1, -0.05) is 0 Å². The summed E-state index contributed by atoms with van der Waals surface area (Å²) >= 11 is 0. The molecule has 3 aromatic rings. The quantitative estimate of drug-likeness (QED) is 0.569. The van der Waals surface area contributed by atoms with E-state index in [2.05, 4.69) is 35.9 Å². The molecule has 0 saturated carbocycles. The Morgan fingerprint density at radius 2 is 1.90 bits per heavy atom. The van der Waals surface area contributed by atoms with Crippen LogP contribution in [0.4, 0.5) is 30.9 Å². The molecule has 0 atom stereocenters. The first-order valence-corrected chi connectivity index (χ1v) is 9.06. The monoisotopic (exact) mass is 424 g/mol. The van der Waals surface area contributed by atoms with Crippen LogP contribution < -0.4 is 16.0 Å². The van der Waals surface area contributed by atoms with E-state index in [0.29, 0.717) is 28.2 Å². The third-order valence-electron chi connectivity index (χ3n) is 4.05. The maximum Gasteiger partial charge on any atom is 0.320 e. The van der Waals surface area contributed by atoms with E-state index in [1.165, 1.54) is 31.6 Å². The zero-order valence-corrected chi connectivity index (χ0v) is 16.9. The van der Waals surface area contributed by atoms with E-state index in [1.807, 2.05) is 6.07 Å². The Balaban J connectivity index is 2.07. The largest absolute Gasteiger partial charge is 0.341 e. The molecule has 0 unspecified atom stereocenters. The van der Waals surface area contributed by atoms with Crippen LogP contribution in [0.25, 0.3) is 11.3 Å². The molecule has 31 heavy (non-hydrogen) atoms. The molecule has 0 saturated heterocycles. The lowest BCUT2D eigenvalue weighted by atomic mass is 10.1. The predicted octanol–water partition coefficient (Wildman–Crippen LogP) is 3.72. The molecule has 3 heterocycles. The minimum Gasteiger partial charge on any atom is -0.341 e. The Labute approximate surface area is 176 Å². The highest BCUT2D eigenvalue weighted by molar-refractivity contribution is 5.90. The van der Waals surface area contributed by atoms with Gasteiger partial charge >= 0.3 is 12.0 Å². The first-order valence-electron chi connectivity index (χ1n) is 9.06. The maximum absolute atomic E-state index is 13.8. The topological polar surface area (TPSA) is 129 Å². The van der Waals surface area contributed by atoms with Gasteiger partial charge in [0.05, 0.1) is 16.9 Å². The van der Waals surface area contributed by atoms with Crippen LogP contribution in [-0.4, -0.2) is 33.0 Å². The summed E-state index contributed by atoms with van der Waals surface area (Å²) in [7, 11) is 1.46. The molecule has 11 heteroatoms. The third-order valence-corrected chi connectivity index (χ3v) is 4.05. The molecule has 158 valence electrons. The molecule has 0 aliphatic rings. The number of nitrogens with zero attached hydrogens (tertiary/aromatic N) is 5. The Hall–Kier alpha value is -4.20. The van der Waals surface area contributed by atoms with Crippen LogP contribution in [0.3, 0.4) is 0 Å². The molecule has 0 aliphatic carbocycles. The average molecular weight is 424 g/mol. The van der Waals surface area contributed by atoms with E-state index >= 15 is 0 Å². The van der Waals surface area contributed by atoms with Crippen LogP contribution in [0.1, 0.15) is 24.0 Å². The number of aryl methyl sites for hydroxylation is 1. The van der Waals surface area contributed by atoms with Crippen LogP contribution in [0.2, 0.25) is 0 Å². The number of aromatic nitrogens is 4. The van der Waals surface area contributed by atoms with Crippen molar-refractivity contribution >= 4 is 23.4 Å². The van der Waals surface area contributed by atoms with Gasteiger partial charge in [-0.3, -0.25) is 10.3 Å². The molecular weight excluding hydrogens is 406 g/mol. The summed E-state index contributed by atoms with van der Waals surface area (Å²) in [5.41, 5.74) is 2.12. The lowest BCUT2D eigenvalue weighted by molar-refractivity contribution is 0.00766. The zero-order valence-electron chi connectivity index (χ0n) is 16.9. The van der Waals surface area contributed by atoms with E-state index in [0.717, 1.165) is 6.92 Å². The molecule has 0 fully saturated rings. The number of halogens is 2. The molecule has 0 radical (unpaired) electrons. The summed E-state index contributed by atoms with van der Waals surface area (Å²) in [6.07, 6.45) is 2.87. The highest BCUT2D eigenvalue weighted by Crippen LogP contribution is 2.31. The van der Waals surface area contributed by atoms with Crippen LogP contribution in [0.5, 0.6) is 0 Å². The fraction of sp³-hybridized carbons (Fsp3) is 0.200. The summed E-state index contributed by atoms with van der Waals surface area (Å²) in [4.78, 5) is 27.8. The van der Waals surface area contributed by atoms with Crippen molar-refractivity contribution in [2.24, 2.45) is 0 Å².